The minimum absolute atomic E-state index is 0.343. The van der Waals surface area contributed by atoms with Gasteiger partial charge in [0.2, 0.25) is 0 Å². The second kappa shape index (κ2) is 4.03. The number of carboxylic acid groups (broad SMARTS) is 1. The van der Waals surface area contributed by atoms with Crippen molar-refractivity contribution in [2.75, 3.05) is 0 Å². The van der Waals surface area contributed by atoms with E-state index in [9.17, 15) is 26.7 Å². The van der Waals surface area contributed by atoms with Gasteiger partial charge in [0.05, 0.1) is 11.1 Å². The summed E-state index contributed by atoms with van der Waals surface area (Å²) >= 11 is 0. The topological polar surface area (TPSA) is 50.2 Å². The molecule has 8 heteroatoms. The molecule has 0 amide bonds. The summed E-state index contributed by atoms with van der Waals surface area (Å²) < 4.78 is 61.5. The van der Waals surface area contributed by atoms with Crippen LogP contribution >= 0.6 is 0 Å². The molecular formula is C8H4F5NO2. The number of hydrogen-bond donors (Lipinski definition) is 1. The van der Waals surface area contributed by atoms with Crippen molar-refractivity contribution in [3.05, 3.63) is 29.1 Å². The molecule has 88 valence electrons. The van der Waals surface area contributed by atoms with Crippen molar-refractivity contribution in [3.8, 4) is 0 Å². The number of carboxylic acids is 1. The lowest BCUT2D eigenvalue weighted by atomic mass is 10.1. The first-order valence-corrected chi connectivity index (χ1v) is 3.82. The molecule has 0 spiro atoms. The second-order valence-electron chi connectivity index (χ2n) is 2.72. The average Bonchev–Trinajstić information content (AvgIpc) is 2.14. The molecular weight excluding hydrogens is 237 g/mol. The quantitative estimate of drug-likeness (QED) is 0.810. The molecule has 1 aromatic heterocycles. The van der Waals surface area contributed by atoms with Crippen molar-refractivity contribution in [2.45, 2.75) is 12.6 Å². The highest BCUT2D eigenvalue weighted by atomic mass is 19.4. The van der Waals surface area contributed by atoms with E-state index in [0.29, 0.717) is 12.3 Å². The van der Waals surface area contributed by atoms with Gasteiger partial charge in [0.25, 0.3) is 6.43 Å². The zero-order valence-corrected chi connectivity index (χ0v) is 7.42. The molecule has 16 heavy (non-hydrogen) atoms. The van der Waals surface area contributed by atoms with Crippen LogP contribution in [0.15, 0.2) is 12.3 Å². The number of aromatic nitrogens is 1. The van der Waals surface area contributed by atoms with Crippen LogP contribution in [0, 0.1) is 0 Å². The van der Waals surface area contributed by atoms with Crippen LogP contribution < -0.4 is 0 Å². The van der Waals surface area contributed by atoms with E-state index in [1.54, 1.807) is 0 Å². The summed E-state index contributed by atoms with van der Waals surface area (Å²) in [5.74, 6) is -2.09. The highest BCUT2D eigenvalue weighted by molar-refractivity contribution is 5.91. The zero-order valence-electron chi connectivity index (χ0n) is 7.42. The Morgan fingerprint density at radius 1 is 1.38 bits per heavy atom. The summed E-state index contributed by atoms with van der Waals surface area (Å²) in [6.45, 7) is 0. The average molecular weight is 241 g/mol. The molecule has 0 saturated carbocycles. The van der Waals surface area contributed by atoms with E-state index >= 15 is 0 Å². The van der Waals surface area contributed by atoms with Gasteiger partial charge in [0.1, 0.15) is 5.69 Å². The van der Waals surface area contributed by atoms with E-state index < -0.39 is 35.4 Å². The van der Waals surface area contributed by atoms with E-state index in [2.05, 4.69) is 4.98 Å². The summed E-state index contributed by atoms with van der Waals surface area (Å²) in [6, 6.07) is 0.343. The van der Waals surface area contributed by atoms with Crippen LogP contribution in [0.25, 0.3) is 0 Å². The van der Waals surface area contributed by atoms with Gasteiger partial charge in [-0.2, -0.15) is 13.2 Å². The Morgan fingerprint density at radius 3 is 2.31 bits per heavy atom. The number of aromatic carboxylic acids is 1. The number of halogens is 5. The maximum absolute atomic E-state index is 12.3. The van der Waals surface area contributed by atoms with Gasteiger partial charge >= 0.3 is 12.1 Å². The first-order valence-electron chi connectivity index (χ1n) is 3.82. The lowest BCUT2D eigenvalue weighted by molar-refractivity contribution is -0.138. The first kappa shape index (κ1) is 12.3. The summed E-state index contributed by atoms with van der Waals surface area (Å²) in [5.41, 5.74) is -4.53. The number of pyridine rings is 1. The van der Waals surface area contributed by atoms with Crippen LogP contribution in [0.3, 0.4) is 0 Å². The normalized spacial score (nSPS) is 11.9. The molecule has 1 N–H and O–H groups in total. The standard InChI is InChI=1S/C8H4F5NO2/c9-6(10)5-4(7(15)16)3(1-2-14-5)8(11,12)13/h1-2,6H,(H,15,16). The number of rotatable bonds is 2. The van der Waals surface area contributed by atoms with Crippen molar-refractivity contribution >= 4 is 5.97 Å². The van der Waals surface area contributed by atoms with Gasteiger partial charge in [-0.3, -0.25) is 4.98 Å². The predicted octanol–water partition coefficient (Wildman–Crippen LogP) is 2.74. The second-order valence-corrected chi connectivity index (χ2v) is 2.72. The molecule has 0 bridgehead atoms. The number of carbonyl (C=O) groups is 1. The predicted molar refractivity (Wildman–Crippen MR) is 41.2 cm³/mol. The van der Waals surface area contributed by atoms with Crippen LogP contribution in [0.5, 0.6) is 0 Å². The van der Waals surface area contributed by atoms with Gasteiger partial charge in [-0.1, -0.05) is 0 Å². The Balaban J connectivity index is 3.52. The van der Waals surface area contributed by atoms with Gasteiger partial charge in [0, 0.05) is 6.20 Å². The van der Waals surface area contributed by atoms with E-state index in [1.807, 2.05) is 0 Å². The molecule has 0 atom stereocenters. The highest BCUT2D eigenvalue weighted by Crippen LogP contribution is 2.34. The third kappa shape index (κ3) is 2.26. The number of alkyl halides is 5. The van der Waals surface area contributed by atoms with Crippen LogP contribution in [0.4, 0.5) is 22.0 Å². The third-order valence-electron chi connectivity index (χ3n) is 1.71. The SMILES string of the molecule is O=C(O)c1c(C(F)(F)F)ccnc1C(F)F. The number of hydrogen-bond acceptors (Lipinski definition) is 2. The summed E-state index contributed by atoms with van der Waals surface area (Å²) in [4.78, 5) is 13.5. The number of nitrogens with zero attached hydrogens (tertiary/aromatic N) is 1. The fourth-order valence-corrected chi connectivity index (χ4v) is 1.10. The fraction of sp³-hybridized carbons (Fsp3) is 0.250. The maximum atomic E-state index is 12.3. The third-order valence-corrected chi connectivity index (χ3v) is 1.71. The van der Waals surface area contributed by atoms with Crippen molar-refractivity contribution in [1.82, 2.24) is 4.98 Å². The van der Waals surface area contributed by atoms with Gasteiger partial charge in [-0.25, -0.2) is 13.6 Å². The molecule has 1 rings (SSSR count). The van der Waals surface area contributed by atoms with E-state index in [1.165, 1.54) is 0 Å². The van der Waals surface area contributed by atoms with Crippen LogP contribution in [-0.2, 0) is 6.18 Å². The van der Waals surface area contributed by atoms with E-state index in [-0.39, 0.29) is 0 Å². The van der Waals surface area contributed by atoms with Crippen LogP contribution in [0.1, 0.15) is 28.0 Å². The first-order chi connectivity index (χ1) is 7.25. The Hall–Kier alpha value is -1.73. The molecule has 1 heterocycles. The summed E-state index contributed by atoms with van der Waals surface area (Å²) in [7, 11) is 0. The van der Waals surface area contributed by atoms with Gasteiger partial charge in [0.15, 0.2) is 0 Å². The van der Waals surface area contributed by atoms with Crippen molar-refractivity contribution in [2.24, 2.45) is 0 Å². The van der Waals surface area contributed by atoms with Gasteiger partial charge in [-0.05, 0) is 6.07 Å². The smallest absolute Gasteiger partial charge is 0.417 e. The molecule has 3 nitrogen and oxygen atoms in total. The van der Waals surface area contributed by atoms with Crippen molar-refractivity contribution in [3.63, 3.8) is 0 Å². The molecule has 0 aromatic carbocycles. The van der Waals surface area contributed by atoms with Crippen LogP contribution in [-0.4, -0.2) is 16.1 Å². The van der Waals surface area contributed by atoms with E-state index in [0.717, 1.165) is 0 Å². The fourth-order valence-electron chi connectivity index (χ4n) is 1.10. The lowest BCUT2D eigenvalue weighted by Crippen LogP contribution is -2.16. The van der Waals surface area contributed by atoms with Crippen molar-refractivity contribution in [1.29, 1.82) is 0 Å². The molecule has 0 aliphatic rings. The maximum Gasteiger partial charge on any atom is 0.417 e. The van der Waals surface area contributed by atoms with Crippen molar-refractivity contribution < 1.29 is 31.9 Å². The molecule has 0 radical (unpaired) electrons. The monoisotopic (exact) mass is 241 g/mol. The Kier molecular flexibility index (Phi) is 3.11. The largest absolute Gasteiger partial charge is 0.478 e. The highest BCUT2D eigenvalue weighted by Gasteiger charge is 2.38. The zero-order chi connectivity index (χ0) is 12.5. The Morgan fingerprint density at radius 2 is 1.94 bits per heavy atom. The van der Waals surface area contributed by atoms with Gasteiger partial charge < -0.3 is 5.11 Å². The Bertz CT molecular complexity index is 415. The summed E-state index contributed by atoms with van der Waals surface area (Å²) in [6.07, 6.45) is -7.90. The molecule has 0 saturated heterocycles. The molecule has 0 aliphatic carbocycles. The summed E-state index contributed by atoms with van der Waals surface area (Å²) in [5, 5.41) is 8.49. The minimum atomic E-state index is -5.01. The lowest BCUT2D eigenvalue weighted by Gasteiger charge is -2.12. The van der Waals surface area contributed by atoms with E-state index in [4.69, 9.17) is 5.11 Å². The molecule has 0 aliphatic heterocycles. The molecule has 1 aromatic rings. The van der Waals surface area contributed by atoms with Gasteiger partial charge in [-0.15, -0.1) is 0 Å². The molecule has 0 fully saturated rings. The van der Waals surface area contributed by atoms with Crippen LogP contribution in [0.2, 0.25) is 0 Å². The Labute approximate surface area is 85.5 Å². The minimum Gasteiger partial charge on any atom is -0.478 e. The molecule has 0 unspecified atom stereocenters.